The van der Waals surface area contributed by atoms with Gasteiger partial charge < -0.3 is 39.0 Å². The van der Waals surface area contributed by atoms with Crippen LogP contribution in [0.25, 0.3) is 0 Å². The predicted molar refractivity (Wildman–Crippen MR) is 309 cm³/mol. The molecule has 7 aromatic rings. The number of aromatic amines is 1. The third-order valence-corrected chi connectivity index (χ3v) is 16.1. The summed E-state index contributed by atoms with van der Waals surface area (Å²) in [5, 5.41) is 18.8. The first-order valence-electron chi connectivity index (χ1n) is 25.6. The Morgan fingerprint density at radius 1 is 0.841 bits per heavy atom. The van der Waals surface area contributed by atoms with Gasteiger partial charge in [0.2, 0.25) is 12.0 Å². The molecule has 0 saturated carbocycles. The molecule has 2 amide bonds. The van der Waals surface area contributed by atoms with Crippen LogP contribution in [0.15, 0.2) is 200 Å². The number of carbonyl (C=O) groups excluding carboxylic acids is 4. The second-order valence-electron chi connectivity index (χ2n) is 19.4. The number of hydrogen-bond acceptors (Lipinski definition) is 18. The molecule has 82 heavy (non-hydrogen) atoms. The van der Waals surface area contributed by atoms with Gasteiger partial charge in [0.1, 0.15) is 28.3 Å². The maximum Gasteiger partial charge on any atom is 0.356 e. The van der Waals surface area contributed by atoms with Gasteiger partial charge in [-0.05, 0) is 71.2 Å². The molecular weight excluding hydrogens is 1110 g/mol. The number of anilines is 1. The number of esters is 2. The van der Waals surface area contributed by atoms with Crippen molar-refractivity contribution in [3.05, 3.63) is 234 Å². The van der Waals surface area contributed by atoms with Crippen molar-refractivity contribution in [2.45, 2.75) is 67.4 Å². The molecule has 1 fully saturated rings. The minimum absolute atomic E-state index is 0.00464. The average molecular weight is 1170 g/mol. The van der Waals surface area contributed by atoms with Gasteiger partial charge in [0.25, 0.3) is 11.8 Å². The molecule has 0 spiro atoms. The fourth-order valence-electron chi connectivity index (χ4n) is 9.22. The molecule has 9 rings (SSSR count). The van der Waals surface area contributed by atoms with E-state index in [9.17, 15) is 33.3 Å². The fraction of sp³-hybridized carbons (Fsp3) is 0.237. The van der Waals surface area contributed by atoms with E-state index in [1.54, 1.807) is 74.7 Å². The maximum absolute atomic E-state index is 14.9. The zero-order valence-corrected chi connectivity index (χ0v) is 47.4. The van der Waals surface area contributed by atoms with Gasteiger partial charge in [0.15, 0.2) is 34.4 Å². The molecule has 0 aliphatic carbocycles. The molecule has 1 saturated heterocycles. The summed E-state index contributed by atoms with van der Waals surface area (Å²) in [5.41, 5.74) is -0.531. The lowest BCUT2D eigenvalue weighted by atomic mass is 9.77. The lowest BCUT2D eigenvalue weighted by Crippen LogP contribution is -2.75. The minimum Gasteiger partial charge on any atom is -0.614 e. The Morgan fingerprint density at radius 3 is 1.93 bits per heavy atom. The maximum atomic E-state index is 14.9. The summed E-state index contributed by atoms with van der Waals surface area (Å²) in [4.78, 5) is 94.1. The number of hydrogen-bond donors (Lipinski definition) is 3. The number of aromatic nitrogens is 4. The van der Waals surface area contributed by atoms with Crippen LogP contribution >= 0.6 is 23.1 Å². The third-order valence-electron chi connectivity index (χ3n) is 12.9. The van der Waals surface area contributed by atoms with Gasteiger partial charge in [-0.3, -0.25) is 28.6 Å². The molecule has 2 aliphatic heterocycles. The highest BCUT2D eigenvalue weighted by atomic mass is 32.2. The molecule has 0 radical (unpaired) electrons. The van der Waals surface area contributed by atoms with Gasteiger partial charge in [0.05, 0.1) is 6.54 Å². The topological polar surface area (TPSA) is 258 Å². The molecule has 5 aromatic carbocycles. The van der Waals surface area contributed by atoms with Gasteiger partial charge in [-0.2, -0.15) is 0 Å². The van der Waals surface area contributed by atoms with Crippen molar-refractivity contribution >= 4 is 68.9 Å². The number of β-lactam (4-membered cyclic amide) rings is 1. The molecular formula is C59H56N8O12S3. The first kappa shape index (κ1) is 58.2. The lowest BCUT2D eigenvalue weighted by Gasteiger charge is -2.49. The van der Waals surface area contributed by atoms with Gasteiger partial charge in [-0.15, -0.1) is 16.4 Å². The van der Waals surface area contributed by atoms with Crippen LogP contribution < -0.4 is 21.8 Å². The number of fused-ring (bicyclic) bond motifs is 1. The average Bonchev–Trinajstić information content (AvgIpc) is 1.57. The number of oxime groups is 1. The smallest absolute Gasteiger partial charge is 0.356 e. The number of benzene rings is 5. The van der Waals surface area contributed by atoms with Crippen LogP contribution in [-0.2, 0) is 66.2 Å². The van der Waals surface area contributed by atoms with Crippen LogP contribution in [0.5, 0.6) is 0 Å². The van der Waals surface area contributed by atoms with Crippen LogP contribution in [-0.4, -0.2) is 109 Å². The van der Waals surface area contributed by atoms with Gasteiger partial charge >= 0.3 is 23.1 Å². The summed E-state index contributed by atoms with van der Waals surface area (Å²) in [7, 11) is 2.73. The lowest BCUT2D eigenvalue weighted by molar-refractivity contribution is -0.160. The van der Waals surface area contributed by atoms with Crippen molar-refractivity contribution in [3.63, 3.8) is 0 Å². The molecule has 2 aromatic heterocycles. The fourth-order valence-corrected chi connectivity index (χ4v) is 12.4. The second kappa shape index (κ2) is 26.0. The minimum atomic E-state index is -2.00. The Hall–Kier alpha value is -8.45. The molecule has 422 valence electrons. The predicted octanol–water partition coefficient (Wildman–Crippen LogP) is 6.78. The number of rotatable bonds is 22. The summed E-state index contributed by atoms with van der Waals surface area (Å²) in [6.45, 7) is 4.15. The Balaban J connectivity index is 1.06. The van der Waals surface area contributed by atoms with Crippen LogP contribution in [0.2, 0.25) is 0 Å². The number of methoxy groups -OCH3 is 2. The Bertz CT molecular complexity index is 3480. The summed E-state index contributed by atoms with van der Waals surface area (Å²) in [6.07, 6.45) is -0.458. The quantitative estimate of drug-likeness (QED) is 0.00727. The van der Waals surface area contributed by atoms with E-state index in [-0.39, 0.29) is 34.4 Å². The highest BCUT2D eigenvalue weighted by molar-refractivity contribution is 8.02. The Morgan fingerprint density at radius 2 is 1.39 bits per heavy atom. The van der Waals surface area contributed by atoms with E-state index in [2.05, 4.69) is 26.0 Å². The normalized spacial score (nSPS) is 16.4. The standard InChI is InChI=1S/C59H56N8O12S3/c1-58(2,3)79-44(68)34-77-65-46(43-35-81-56(60-43)62-59(40-25-15-8-16-26-40,41-27-17-9-18-28-41)42-29-19-10-20-30-42)50(69)61-47-52(71)67-48(55(73)78-49(37-21-11-6-12-22-37)38-23-13-7-14-24-38)39(36-82(74)54(47)67)31-32-80-57-64-63-51(70)53(72)66(57)33-45(75-4)76-5/h6-32,35,45,47,49,54H,33-34,36H2,1-5H3,(H,60,62)(H,61,69)(H,63,70)/b32-31+,65-46-. The van der Waals surface area contributed by atoms with Crippen LogP contribution in [0, 0.1) is 0 Å². The summed E-state index contributed by atoms with van der Waals surface area (Å²) >= 11 is 0.0321. The SMILES string of the molecule is COC(Cn1c(S/C=C/C2=C(C(=O)OC(c3ccccc3)c3ccccc3)N3C(=O)C(NC(=O)/C(=N\OCC(=O)OC(C)(C)C)c4csc(NC(c5ccccc5)(c5ccccc5)c5ccccc5)n4)C3[S+]([O-])C2)n[nH]c(=O)c1=O)OC. The van der Waals surface area contributed by atoms with Crippen molar-refractivity contribution in [3.8, 4) is 0 Å². The highest BCUT2D eigenvalue weighted by Crippen LogP contribution is 2.42. The summed E-state index contributed by atoms with van der Waals surface area (Å²) in [5.74, 6) is -3.85. The molecule has 2 aliphatic rings. The number of nitrogens with zero attached hydrogens (tertiary/aromatic N) is 5. The van der Waals surface area contributed by atoms with Crippen molar-refractivity contribution < 1.29 is 47.5 Å². The molecule has 3 unspecified atom stereocenters. The molecule has 3 atom stereocenters. The molecule has 3 N–H and O–H groups in total. The van der Waals surface area contributed by atoms with Crippen molar-refractivity contribution in [2.75, 3.05) is 31.9 Å². The van der Waals surface area contributed by atoms with E-state index in [4.69, 9.17) is 28.8 Å². The number of thioether (sulfide) groups is 1. The number of thiazole rings is 1. The number of carbonyl (C=O) groups is 4. The number of nitrogens with one attached hydrogen (secondary N) is 3. The van der Waals surface area contributed by atoms with E-state index >= 15 is 0 Å². The first-order chi connectivity index (χ1) is 39.6. The largest absolute Gasteiger partial charge is 0.614 e. The number of H-pyrrole nitrogens is 1. The second-order valence-corrected chi connectivity index (χ2v) is 22.7. The van der Waals surface area contributed by atoms with Crippen molar-refractivity contribution in [2.24, 2.45) is 5.16 Å². The molecule has 4 heterocycles. The first-order valence-corrected chi connectivity index (χ1v) is 28.7. The van der Waals surface area contributed by atoms with Gasteiger partial charge in [-0.1, -0.05) is 169 Å². The molecule has 20 nitrogen and oxygen atoms in total. The van der Waals surface area contributed by atoms with E-state index in [0.29, 0.717) is 16.3 Å². The van der Waals surface area contributed by atoms with Gasteiger partial charge in [-0.25, -0.2) is 19.7 Å². The summed E-state index contributed by atoms with van der Waals surface area (Å²) in [6, 6.07) is 45.8. The van der Waals surface area contributed by atoms with Gasteiger partial charge in [0, 0.05) is 25.2 Å². The zero-order chi connectivity index (χ0) is 58.0. The third kappa shape index (κ3) is 13.0. The Kier molecular flexibility index (Phi) is 18.4. The zero-order valence-electron chi connectivity index (χ0n) is 45.0. The van der Waals surface area contributed by atoms with E-state index in [1.807, 2.05) is 103 Å². The summed E-state index contributed by atoms with van der Waals surface area (Å²) < 4.78 is 37.9. The molecule has 23 heteroatoms. The van der Waals surface area contributed by atoms with E-state index in [0.717, 1.165) is 49.3 Å². The van der Waals surface area contributed by atoms with Crippen LogP contribution in [0.1, 0.15) is 60.4 Å². The van der Waals surface area contributed by atoms with Crippen molar-refractivity contribution in [1.82, 2.24) is 30.0 Å². The number of allylic oxidation sites excluding steroid dienone is 1. The monoisotopic (exact) mass is 1160 g/mol. The van der Waals surface area contributed by atoms with Crippen molar-refractivity contribution in [1.29, 1.82) is 0 Å². The number of ether oxygens (including phenoxy) is 4. The van der Waals surface area contributed by atoms with Crippen LogP contribution in [0.3, 0.4) is 0 Å². The Labute approximate surface area is 482 Å². The van der Waals surface area contributed by atoms with Crippen LogP contribution in [0.4, 0.5) is 5.13 Å². The van der Waals surface area contributed by atoms with E-state index in [1.165, 1.54) is 25.7 Å². The highest BCUT2D eigenvalue weighted by Gasteiger charge is 2.61. The number of amides is 2. The molecule has 0 bridgehead atoms. The van der Waals surface area contributed by atoms with E-state index < -0.39 is 93.3 Å².